The van der Waals surface area contributed by atoms with Crippen LogP contribution in [-0.2, 0) is 0 Å². The minimum atomic E-state index is -5.07. The molecule has 2 N–H and O–H groups in total. The van der Waals surface area contributed by atoms with Crippen LogP contribution in [0.25, 0.3) is 0 Å². The maximum Gasteiger partial charge on any atom is 0.492 e. The summed E-state index contributed by atoms with van der Waals surface area (Å²) >= 11 is 5.76. The van der Waals surface area contributed by atoms with Crippen LogP contribution < -0.4 is 24.8 Å². The number of fused-ring (bicyclic) bond motifs is 1. The summed E-state index contributed by atoms with van der Waals surface area (Å²) in [6.45, 7) is 2.05. The van der Waals surface area contributed by atoms with E-state index in [1.165, 1.54) is 18.2 Å². The molecular formula is C17H14ClF3N2O4. The average molecular weight is 403 g/mol. The number of ether oxygens (including phenoxy) is 3. The van der Waals surface area contributed by atoms with E-state index >= 15 is 0 Å². The molecule has 1 atom stereocenters. The number of anilines is 1. The van der Waals surface area contributed by atoms with Gasteiger partial charge in [-0.05, 0) is 31.2 Å². The number of alkyl halides is 3. The first-order valence-electron chi connectivity index (χ1n) is 7.79. The zero-order chi connectivity index (χ0) is 19.7. The Labute approximate surface area is 157 Å². The number of hydrogen-bond donors (Lipinski definition) is 2. The number of halogens is 4. The number of benzene rings is 2. The van der Waals surface area contributed by atoms with Gasteiger partial charge in [-0.1, -0.05) is 23.7 Å². The number of hydrogen-bond acceptors (Lipinski definition) is 4. The van der Waals surface area contributed by atoms with Crippen molar-refractivity contribution in [1.82, 2.24) is 5.32 Å². The topological polar surface area (TPSA) is 68.8 Å². The molecule has 0 aromatic heterocycles. The van der Waals surface area contributed by atoms with Crippen LogP contribution >= 0.6 is 11.6 Å². The number of amides is 2. The first kappa shape index (κ1) is 19.0. The van der Waals surface area contributed by atoms with Gasteiger partial charge < -0.3 is 19.5 Å². The Hall–Kier alpha value is -2.81. The van der Waals surface area contributed by atoms with Crippen LogP contribution in [0.15, 0.2) is 42.5 Å². The minimum Gasteiger partial charge on any atom is -0.492 e. The van der Waals surface area contributed by atoms with Crippen molar-refractivity contribution in [3.8, 4) is 17.2 Å². The fourth-order valence-electron chi connectivity index (χ4n) is 2.37. The van der Waals surface area contributed by atoms with Crippen molar-refractivity contribution in [2.75, 3.05) is 11.9 Å². The fourth-order valence-corrected chi connectivity index (χ4v) is 2.53. The highest BCUT2D eigenvalue weighted by Gasteiger charge is 2.65. The molecule has 2 aromatic carbocycles. The zero-order valence-electron chi connectivity index (χ0n) is 13.9. The zero-order valence-corrected chi connectivity index (χ0v) is 14.6. The fraction of sp³-hybridized carbons (Fsp3) is 0.235. The number of rotatable bonds is 4. The quantitative estimate of drug-likeness (QED) is 0.787. The molecule has 0 radical (unpaired) electrons. The standard InChI is InChI=1S/C17H14ClF3N2O4/c1-2-25-12-6-4-3-5-11(12)22-15(24)23-17(16(19,20)21)26-13-8-7-10(18)9-14(13)27-17/h3-9H,2H2,1H3,(H2,22,23,24)/t17-/m0/s1. The summed E-state index contributed by atoms with van der Waals surface area (Å²) in [6.07, 6.45) is -5.07. The first-order chi connectivity index (χ1) is 12.7. The highest BCUT2D eigenvalue weighted by molar-refractivity contribution is 6.30. The van der Waals surface area contributed by atoms with E-state index in [1.807, 2.05) is 0 Å². The number of carbonyl (C=O) groups excluding carboxylic acids is 1. The van der Waals surface area contributed by atoms with E-state index in [0.717, 1.165) is 6.07 Å². The molecule has 0 unspecified atom stereocenters. The normalized spacial score (nSPS) is 18.1. The lowest BCUT2D eigenvalue weighted by molar-refractivity contribution is -0.317. The van der Waals surface area contributed by atoms with E-state index in [2.05, 4.69) is 5.32 Å². The van der Waals surface area contributed by atoms with Crippen LogP contribution in [0, 0.1) is 0 Å². The second kappa shape index (κ2) is 7.07. The van der Waals surface area contributed by atoms with Crippen LogP contribution in [0.5, 0.6) is 17.2 Å². The molecule has 1 heterocycles. The molecule has 1 aliphatic heterocycles. The van der Waals surface area contributed by atoms with Crippen LogP contribution in [0.3, 0.4) is 0 Å². The smallest absolute Gasteiger partial charge is 0.492 e. The summed E-state index contributed by atoms with van der Waals surface area (Å²) in [5, 5.41) is 4.15. The maximum absolute atomic E-state index is 13.6. The van der Waals surface area contributed by atoms with Crippen molar-refractivity contribution in [2.24, 2.45) is 0 Å². The Morgan fingerprint density at radius 1 is 1.19 bits per heavy atom. The van der Waals surface area contributed by atoms with Crippen molar-refractivity contribution in [3.63, 3.8) is 0 Å². The van der Waals surface area contributed by atoms with Gasteiger partial charge in [0.15, 0.2) is 11.5 Å². The number of carbonyl (C=O) groups is 1. The summed E-state index contributed by atoms with van der Waals surface area (Å²) < 4.78 is 56.0. The molecule has 144 valence electrons. The predicted octanol–water partition coefficient (Wildman–Crippen LogP) is 4.55. The van der Waals surface area contributed by atoms with Gasteiger partial charge >= 0.3 is 18.1 Å². The van der Waals surface area contributed by atoms with Crippen LogP contribution in [0.2, 0.25) is 5.02 Å². The highest BCUT2D eigenvalue weighted by atomic mass is 35.5. The molecule has 0 bridgehead atoms. The molecule has 1 aliphatic rings. The highest BCUT2D eigenvalue weighted by Crippen LogP contribution is 2.46. The molecule has 3 rings (SSSR count). The molecule has 0 fully saturated rings. The van der Waals surface area contributed by atoms with Gasteiger partial charge in [0.25, 0.3) is 0 Å². The van der Waals surface area contributed by atoms with E-state index in [1.54, 1.807) is 30.4 Å². The van der Waals surface area contributed by atoms with Gasteiger partial charge in [-0.15, -0.1) is 0 Å². The largest absolute Gasteiger partial charge is 0.492 e. The second-order valence-corrected chi connectivity index (χ2v) is 5.85. The van der Waals surface area contributed by atoms with Crippen molar-refractivity contribution >= 4 is 23.3 Å². The maximum atomic E-state index is 13.6. The number of para-hydroxylation sites is 2. The Morgan fingerprint density at radius 2 is 1.89 bits per heavy atom. The van der Waals surface area contributed by atoms with Crippen LogP contribution in [0.4, 0.5) is 23.7 Å². The lowest BCUT2D eigenvalue weighted by atomic mass is 10.3. The van der Waals surface area contributed by atoms with Gasteiger partial charge in [-0.25, -0.2) is 4.79 Å². The third-order valence-corrected chi connectivity index (χ3v) is 3.73. The molecule has 0 spiro atoms. The number of nitrogens with one attached hydrogen (secondary N) is 2. The molecule has 10 heteroatoms. The molecular weight excluding hydrogens is 389 g/mol. The van der Waals surface area contributed by atoms with E-state index in [9.17, 15) is 18.0 Å². The Balaban J connectivity index is 1.82. The average Bonchev–Trinajstić information content (AvgIpc) is 2.95. The van der Waals surface area contributed by atoms with Crippen molar-refractivity contribution in [2.45, 2.75) is 19.0 Å². The van der Waals surface area contributed by atoms with Crippen molar-refractivity contribution in [1.29, 1.82) is 0 Å². The van der Waals surface area contributed by atoms with Gasteiger partial charge in [0.2, 0.25) is 0 Å². The summed E-state index contributed by atoms with van der Waals surface area (Å²) in [5.74, 6) is -3.52. The lowest BCUT2D eigenvalue weighted by Gasteiger charge is -2.29. The van der Waals surface area contributed by atoms with Gasteiger partial charge in [0, 0.05) is 11.1 Å². The molecule has 2 amide bonds. The van der Waals surface area contributed by atoms with E-state index in [4.69, 9.17) is 25.8 Å². The van der Waals surface area contributed by atoms with Crippen molar-refractivity contribution < 1.29 is 32.2 Å². The van der Waals surface area contributed by atoms with Gasteiger partial charge in [0.1, 0.15) is 5.75 Å². The third kappa shape index (κ3) is 3.82. The Morgan fingerprint density at radius 3 is 2.59 bits per heavy atom. The summed E-state index contributed by atoms with van der Waals surface area (Å²) in [4.78, 5) is 12.2. The summed E-state index contributed by atoms with van der Waals surface area (Å²) in [5.41, 5.74) is 0.188. The summed E-state index contributed by atoms with van der Waals surface area (Å²) in [6, 6.07) is 8.83. The monoisotopic (exact) mass is 402 g/mol. The molecule has 6 nitrogen and oxygen atoms in total. The molecule has 2 aromatic rings. The van der Waals surface area contributed by atoms with E-state index < -0.39 is 18.1 Å². The Bertz CT molecular complexity index is 862. The Kier molecular flexibility index (Phi) is 4.97. The minimum absolute atomic E-state index is 0.158. The third-order valence-electron chi connectivity index (χ3n) is 3.50. The molecule has 0 aliphatic carbocycles. The van der Waals surface area contributed by atoms with E-state index in [-0.39, 0.29) is 22.2 Å². The lowest BCUT2D eigenvalue weighted by Crippen LogP contribution is -2.65. The number of urea groups is 1. The van der Waals surface area contributed by atoms with Crippen LogP contribution in [0.1, 0.15) is 6.92 Å². The van der Waals surface area contributed by atoms with Gasteiger partial charge in [-0.3, -0.25) is 5.32 Å². The summed E-state index contributed by atoms with van der Waals surface area (Å²) in [7, 11) is 0. The molecule has 0 saturated heterocycles. The predicted molar refractivity (Wildman–Crippen MR) is 91.3 cm³/mol. The molecule has 0 saturated carbocycles. The molecule has 27 heavy (non-hydrogen) atoms. The SMILES string of the molecule is CCOc1ccccc1NC(=O)N[C@@]1(C(F)(F)F)Oc2ccc(Cl)cc2O1. The van der Waals surface area contributed by atoms with Crippen LogP contribution in [-0.4, -0.2) is 24.7 Å². The second-order valence-electron chi connectivity index (χ2n) is 5.42. The van der Waals surface area contributed by atoms with Gasteiger partial charge in [0.05, 0.1) is 12.3 Å². The van der Waals surface area contributed by atoms with E-state index in [0.29, 0.717) is 12.4 Å². The first-order valence-corrected chi connectivity index (χ1v) is 8.17. The van der Waals surface area contributed by atoms with Crippen molar-refractivity contribution in [3.05, 3.63) is 47.5 Å². The van der Waals surface area contributed by atoms with Gasteiger partial charge in [-0.2, -0.15) is 13.2 Å².